The number of pyridine rings is 1. The Balaban J connectivity index is 3.69. The largest absolute Gasteiger partial charge is 0.266 e. The van der Waals surface area contributed by atoms with Gasteiger partial charge in [0.15, 0.2) is 5.69 Å². The maximum Gasteiger partial charge on any atom is 0.266 e. The van der Waals surface area contributed by atoms with E-state index in [1.807, 2.05) is 0 Å². The Morgan fingerprint density at radius 3 is 2.50 bits per heavy atom. The molecule has 0 aliphatic heterocycles. The third-order valence-corrected chi connectivity index (χ3v) is 4.12. The maximum atomic E-state index is 12.5. The van der Waals surface area contributed by atoms with Crippen LogP contribution in [0.4, 0.5) is 8.78 Å². The molecule has 0 saturated carbocycles. The standard InChI is InChI=1S/C7H4F2IN3O2S/c8-7(9)3-2-13-4(1-11)6(5(3)10)16(12,14)15/h2,7H,(H2,12,14,15). The number of nitrogens with zero attached hydrogens (tertiary/aromatic N) is 2. The van der Waals surface area contributed by atoms with Crippen LogP contribution in [0.5, 0.6) is 0 Å². The summed E-state index contributed by atoms with van der Waals surface area (Å²) < 4.78 is 47.0. The number of nitriles is 1. The zero-order valence-electron chi connectivity index (χ0n) is 7.49. The monoisotopic (exact) mass is 359 g/mol. The van der Waals surface area contributed by atoms with E-state index >= 15 is 0 Å². The van der Waals surface area contributed by atoms with Gasteiger partial charge in [-0.1, -0.05) is 0 Å². The van der Waals surface area contributed by atoms with Crippen molar-refractivity contribution in [2.24, 2.45) is 5.14 Å². The highest BCUT2D eigenvalue weighted by molar-refractivity contribution is 14.1. The van der Waals surface area contributed by atoms with Crippen molar-refractivity contribution in [3.8, 4) is 6.07 Å². The number of sulfonamides is 1. The quantitative estimate of drug-likeness (QED) is 0.801. The van der Waals surface area contributed by atoms with Crippen LogP contribution in [0.15, 0.2) is 11.1 Å². The minimum Gasteiger partial charge on any atom is -0.244 e. The molecule has 1 rings (SSSR count). The first-order chi connectivity index (χ1) is 7.29. The van der Waals surface area contributed by atoms with E-state index in [2.05, 4.69) is 4.98 Å². The van der Waals surface area contributed by atoms with Crippen molar-refractivity contribution >= 4 is 32.6 Å². The average molecular weight is 359 g/mol. The van der Waals surface area contributed by atoms with E-state index in [0.29, 0.717) is 0 Å². The lowest BCUT2D eigenvalue weighted by atomic mass is 10.2. The summed E-state index contributed by atoms with van der Waals surface area (Å²) in [5, 5.41) is 13.4. The zero-order valence-corrected chi connectivity index (χ0v) is 10.5. The predicted molar refractivity (Wildman–Crippen MR) is 58.0 cm³/mol. The van der Waals surface area contributed by atoms with E-state index in [9.17, 15) is 17.2 Å². The number of alkyl halides is 2. The average Bonchev–Trinajstić information content (AvgIpc) is 2.14. The highest BCUT2D eigenvalue weighted by Crippen LogP contribution is 2.29. The molecule has 5 nitrogen and oxygen atoms in total. The number of hydrogen-bond acceptors (Lipinski definition) is 4. The van der Waals surface area contributed by atoms with E-state index < -0.39 is 32.6 Å². The Hall–Kier alpha value is -0.860. The van der Waals surface area contributed by atoms with Crippen molar-refractivity contribution in [3.05, 3.63) is 21.0 Å². The Morgan fingerprint density at radius 2 is 2.12 bits per heavy atom. The number of nitrogens with two attached hydrogens (primary N) is 1. The molecule has 0 unspecified atom stereocenters. The number of aromatic nitrogens is 1. The minimum atomic E-state index is -4.26. The van der Waals surface area contributed by atoms with Gasteiger partial charge in [0.05, 0.1) is 5.56 Å². The number of rotatable bonds is 2. The Bertz CT molecular complexity index is 568. The molecule has 9 heteroatoms. The summed E-state index contributed by atoms with van der Waals surface area (Å²) in [4.78, 5) is 2.68. The molecule has 0 bridgehead atoms. The van der Waals surface area contributed by atoms with Crippen molar-refractivity contribution < 1.29 is 17.2 Å². The molecule has 0 radical (unpaired) electrons. The highest BCUT2D eigenvalue weighted by Gasteiger charge is 2.25. The second-order valence-corrected chi connectivity index (χ2v) is 5.24. The van der Waals surface area contributed by atoms with Gasteiger partial charge in [0.25, 0.3) is 6.43 Å². The second-order valence-electron chi connectivity index (χ2n) is 2.66. The first-order valence-corrected chi connectivity index (χ1v) is 6.31. The molecule has 0 atom stereocenters. The van der Waals surface area contributed by atoms with Gasteiger partial charge >= 0.3 is 0 Å². The molecule has 0 aliphatic carbocycles. The Kier molecular flexibility index (Phi) is 3.76. The number of halogens is 3. The van der Waals surface area contributed by atoms with E-state index in [1.54, 1.807) is 0 Å². The fourth-order valence-electron chi connectivity index (χ4n) is 0.976. The van der Waals surface area contributed by atoms with Gasteiger partial charge in [0.1, 0.15) is 11.0 Å². The summed E-state index contributed by atoms with van der Waals surface area (Å²) in [6.07, 6.45) is -2.12. The van der Waals surface area contributed by atoms with Gasteiger partial charge in [-0.15, -0.1) is 0 Å². The molecule has 0 fully saturated rings. The van der Waals surface area contributed by atoms with Crippen LogP contribution < -0.4 is 5.14 Å². The molecule has 2 N–H and O–H groups in total. The Labute approximate surface area is 103 Å². The first-order valence-electron chi connectivity index (χ1n) is 3.68. The third-order valence-electron chi connectivity index (χ3n) is 1.63. The molecule has 1 aromatic rings. The van der Waals surface area contributed by atoms with Gasteiger partial charge in [-0.25, -0.2) is 27.3 Å². The second kappa shape index (κ2) is 4.56. The lowest BCUT2D eigenvalue weighted by Crippen LogP contribution is -2.17. The van der Waals surface area contributed by atoms with Crippen LogP contribution in [-0.2, 0) is 10.0 Å². The molecule has 0 amide bonds. The molecule has 0 spiro atoms. The summed E-state index contributed by atoms with van der Waals surface area (Å²) >= 11 is 1.40. The molecule has 86 valence electrons. The number of primary sulfonamides is 1. The fraction of sp³-hybridized carbons (Fsp3) is 0.143. The summed E-state index contributed by atoms with van der Waals surface area (Å²) in [5.41, 5.74) is -1.06. The van der Waals surface area contributed by atoms with Gasteiger partial charge < -0.3 is 0 Å². The van der Waals surface area contributed by atoms with Crippen LogP contribution in [0.3, 0.4) is 0 Å². The van der Waals surface area contributed by atoms with Gasteiger partial charge in [0, 0.05) is 9.77 Å². The smallest absolute Gasteiger partial charge is 0.244 e. The Morgan fingerprint density at radius 1 is 1.56 bits per heavy atom. The molecule has 1 aromatic heterocycles. The van der Waals surface area contributed by atoms with Crippen LogP contribution in [0.2, 0.25) is 0 Å². The fourth-order valence-corrected chi connectivity index (χ4v) is 3.26. The molecule has 0 saturated heterocycles. The first kappa shape index (κ1) is 13.2. The molecule has 0 aromatic carbocycles. The topological polar surface area (TPSA) is 96.8 Å². The third kappa shape index (κ3) is 2.45. The van der Waals surface area contributed by atoms with Crippen molar-refractivity contribution in [2.75, 3.05) is 0 Å². The zero-order chi connectivity index (χ0) is 12.5. The lowest BCUT2D eigenvalue weighted by Gasteiger charge is -2.08. The van der Waals surface area contributed by atoms with E-state index in [1.165, 1.54) is 28.7 Å². The van der Waals surface area contributed by atoms with Crippen LogP contribution in [0.1, 0.15) is 17.7 Å². The predicted octanol–water partition coefficient (Wildman–Crippen LogP) is 1.14. The van der Waals surface area contributed by atoms with Crippen LogP contribution in [-0.4, -0.2) is 13.4 Å². The van der Waals surface area contributed by atoms with Crippen LogP contribution in [0.25, 0.3) is 0 Å². The van der Waals surface area contributed by atoms with Crippen molar-refractivity contribution in [2.45, 2.75) is 11.3 Å². The molecule has 0 aliphatic rings. The van der Waals surface area contributed by atoms with Crippen LogP contribution in [0, 0.1) is 14.9 Å². The van der Waals surface area contributed by atoms with Gasteiger partial charge in [-0.2, -0.15) is 5.26 Å². The van der Waals surface area contributed by atoms with E-state index in [0.717, 1.165) is 6.20 Å². The van der Waals surface area contributed by atoms with E-state index in [4.69, 9.17) is 10.4 Å². The van der Waals surface area contributed by atoms with Gasteiger partial charge in [-0.05, 0) is 22.6 Å². The van der Waals surface area contributed by atoms with E-state index in [-0.39, 0.29) is 3.57 Å². The molecule has 1 heterocycles. The lowest BCUT2D eigenvalue weighted by molar-refractivity contribution is 0.149. The molecular formula is C7H4F2IN3O2S. The molecule has 16 heavy (non-hydrogen) atoms. The maximum absolute atomic E-state index is 12.5. The summed E-state index contributed by atoms with van der Waals surface area (Å²) in [6.45, 7) is 0. The SMILES string of the molecule is N#Cc1ncc(C(F)F)c(I)c1S(N)(=O)=O. The summed E-state index contributed by atoms with van der Waals surface area (Å²) in [5.74, 6) is 0. The number of hydrogen-bond donors (Lipinski definition) is 1. The van der Waals surface area contributed by atoms with Gasteiger partial charge in [-0.3, -0.25) is 0 Å². The normalized spacial score (nSPS) is 11.5. The highest BCUT2D eigenvalue weighted by atomic mass is 127. The summed E-state index contributed by atoms with van der Waals surface area (Å²) in [7, 11) is -4.26. The minimum absolute atomic E-state index is 0.276. The summed E-state index contributed by atoms with van der Waals surface area (Å²) in [6, 6.07) is 1.49. The van der Waals surface area contributed by atoms with Crippen molar-refractivity contribution in [1.82, 2.24) is 4.98 Å². The molecular weight excluding hydrogens is 355 g/mol. The van der Waals surface area contributed by atoms with Crippen molar-refractivity contribution in [1.29, 1.82) is 5.26 Å². The van der Waals surface area contributed by atoms with Gasteiger partial charge in [0.2, 0.25) is 10.0 Å². The van der Waals surface area contributed by atoms with Crippen LogP contribution >= 0.6 is 22.6 Å². The van der Waals surface area contributed by atoms with Crippen molar-refractivity contribution in [3.63, 3.8) is 0 Å².